The van der Waals surface area contributed by atoms with Gasteiger partial charge in [0.2, 0.25) is 5.82 Å². The van der Waals surface area contributed by atoms with Crippen molar-refractivity contribution in [3.05, 3.63) is 29.3 Å². The molecule has 1 atom stereocenters. The van der Waals surface area contributed by atoms with E-state index in [1.54, 1.807) is 12.1 Å². The monoisotopic (exact) mass is 368 g/mol. The maximum atomic E-state index is 14.4. The number of rotatable bonds is 15. The molecule has 1 nitrogen and oxygen atoms in total. The number of unbranched alkanes of at least 4 members (excludes halogenated alkanes) is 9. The molecule has 3 heteroatoms. The second-order valence-corrected chi connectivity index (χ2v) is 7.50. The van der Waals surface area contributed by atoms with Gasteiger partial charge in [0.15, 0.2) is 11.6 Å². The Hall–Kier alpha value is -1.12. The van der Waals surface area contributed by atoms with E-state index in [2.05, 4.69) is 13.8 Å². The van der Waals surface area contributed by atoms with Crippen LogP contribution in [0.5, 0.6) is 5.75 Å². The molecule has 150 valence electrons. The lowest BCUT2D eigenvalue weighted by Gasteiger charge is -2.15. The highest BCUT2D eigenvalue weighted by molar-refractivity contribution is 5.32. The first-order valence-corrected chi connectivity index (χ1v) is 10.7. The third-order valence-electron chi connectivity index (χ3n) is 5.10. The van der Waals surface area contributed by atoms with Gasteiger partial charge in [0.25, 0.3) is 0 Å². The molecule has 1 rings (SSSR count). The summed E-state index contributed by atoms with van der Waals surface area (Å²) in [5.74, 6) is -1.47. The minimum Gasteiger partial charge on any atom is -0.490 e. The van der Waals surface area contributed by atoms with Crippen molar-refractivity contribution < 1.29 is 13.5 Å². The maximum absolute atomic E-state index is 14.4. The van der Waals surface area contributed by atoms with E-state index in [0.717, 1.165) is 25.7 Å². The van der Waals surface area contributed by atoms with Gasteiger partial charge in [-0.3, -0.25) is 0 Å². The summed E-state index contributed by atoms with van der Waals surface area (Å²) in [4.78, 5) is 0. The van der Waals surface area contributed by atoms with E-state index in [9.17, 15) is 8.78 Å². The molecular weight excluding hydrogens is 330 g/mol. The van der Waals surface area contributed by atoms with Gasteiger partial charge >= 0.3 is 0 Å². The van der Waals surface area contributed by atoms with Crippen molar-refractivity contribution in [3.63, 3.8) is 0 Å². The number of hydrogen-bond donors (Lipinski definition) is 0. The summed E-state index contributed by atoms with van der Waals surface area (Å²) in [6.07, 6.45) is 13.7. The average Bonchev–Trinajstić information content (AvgIpc) is 2.64. The van der Waals surface area contributed by atoms with Gasteiger partial charge in [-0.05, 0) is 30.4 Å². The third-order valence-corrected chi connectivity index (χ3v) is 5.10. The Labute approximate surface area is 159 Å². The Morgan fingerprint density at radius 3 is 2.00 bits per heavy atom. The van der Waals surface area contributed by atoms with E-state index in [-0.39, 0.29) is 11.7 Å². The normalized spacial score (nSPS) is 12.3. The fourth-order valence-corrected chi connectivity index (χ4v) is 3.31. The van der Waals surface area contributed by atoms with Crippen LogP contribution in [0.25, 0.3) is 0 Å². The van der Waals surface area contributed by atoms with Crippen molar-refractivity contribution in [1.29, 1.82) is 0 Å². The molecule has 1 aromatic rings. The molecule has 26 heavy (non-hydrogen) atoms. The molecule has 0 amide bonds. The molecule has 0 fully saturated rings. The third kappa shape index (κ3) is 8.51. The van der Waals surface area contributed by atoms with Gasteiger partial charge in [-0.25, -0.2) is 4.39 Å². The summed E-state index contributed by atoms with van der Waals surface area (Å²) in [5.41, 5.74) is 0.477. The number of hydrogen-bond acceptors (Lipinski definition) is 1. The molecule has 0 spiro atoms. The lowest BCUT2D eigenvalue weighted by molar-refractivity contribution is 0.284. The highest BCUT2D eigenvalue weighted by Crippen LogP contribution is 2.30. The van der Waals surface area contributed by atoms with Crippen LogP contribution in [0.2, 0.25) is 0 Å². The van der Waals surface area contributed by atoms with Crippen molar-refractivity contribution in [1.82, 2.24) is 0 Å². The molecule has 0 aliphatic carbocycles. The molecule has 0 aliphatic rings. The van der Waals surface area contributed by atoms with Crippen molar-refractivity contribution in [2.75, 3.05) is 6.61 Å². The summed E-state index contributed by atoms with van der Waals surface area (Å²) in [5, 5.41) is 0. The molecular formula is C23H38F2O. The maximum Gasteiger partial charge on any atom is 0.200 e. The zero-order valence-electron chi connectivity index (χ0n) is 17.1. The molecule has 0 bridgehead atoms. The predicted molar refractivity (Wildman–Crippen MR) is 107 cm³/mol. The van der Waals surface area contributed by atoms with Crippen LogP contribution in [0, 0.1) is 11.6 Å². The van der Waals surface area contributed by atoms with E-state index in [0.29, 0.717) is 12.2 Å². The molecule has 0 saturated carbocycles. The van der Waals surface area contributed by atoms with Crippen LogP contribution in [-0.4, -0.2) is 6.61 Å². The summed E-state index contributed by atoms with van der Waals surface area (Å²) in [6, 6.07) is 3.30. The van der Waals surface area contributed by atoms with Gasteiger partial charge < -0.3 is 4.74 Å². The molecule has 0 aromatic heterocycles. The molecule has 0 radical (unpaired) electrons. The van der Waals surface area contributed by atoms with Crippen molar-refractivity contribution in [2.24, 2.45) is 0 Å². The van der Waals surface area contributed by atoms with Crippen LogP contribution in [0.1, 0.15) is 109 Å². The SMILES string of the molecule is CCCCCCCCOc1ccc(C(C)CCCCCCC)c(F)c1F. The largest absolute Gasteiger partial charge is 0.490 e. The quantitative estimate of drug-likeness (QED) is 0.284. The number of ether oxygens (including phenoxy) is 1. The van der Waals surface area contributed by atoms with Gasteiger partial charge in [-0.15, -0.1) is 0 Å². The van der Waals surface area contributed by atoms with E-state index in [4.69, 9.17) is 4.74 Å². The fourth-order valence-electron chi connectivity index (χ4n) is 3.31. The van der Waals surface area contributed by atoms with Crippen LogP contribution in [0.3, 0.4) is 0 Å². The molecule has 1 unspecified atom stereocenters. The lowest BCUT2D eigenvalue weighted by Crippen LogP contribution is -2.05. The Bertz CT molecular complexity index is 487. The zero-order valence-corrected chi connectivity index (χ0v) is 17.1. The summed E-state index contributed by atoms with van der Waals surface area (Å²) in [7, 11) is 0. The van der Waals surface area contributed by atoms with E-state index in [1.807, 2.05) is 6.92 Å². The average molecular weight is 369 g/mol. The Morgan fingerprint density at radius 2 is 1.35 bits per heavy atom. The smallest absolute Gasteiger partial charge is 0.200 e. The van der Waals surface area contributed by atoms with Crippen molar-refractivity contribution in [2.45, 2.75) is 104 Å². The molecule has 0 saturated heterocycles. The second kappa shape index (κ2) is 14.0. The fraction of sp³-hybridized carbons (Fsp3) is 0.739. The number of benzene rings is 1. The molecule has 1 aromatic carbocycles. The van der Waals surface area contributed by atoms with E-state index >= 15 is 0 Å². The van der Waals surface area contributed by atoms with Crippen LogP contribution in [-0.2, 0) is 0 Å². The van der Waals surface area contributed by atoms with Gasteiger partial charge in [-0.2, -0.15) is 4.39 Å². The van der Waals surface area contributed by atoms with Crippen molar-refractivity contribution >= 4 is 0 Å². The Kier molecular flexibility index (Phi) is 12.3. The van der Waals surface area contributed by atoms with E-state index in [1.165, 1.54) is 51.4 Å². The molecule has 0 N–H and O–H groups in total. The Morgan fingerprint density at radius 1 is 0.769 bits per heavy atom. The Balaban J connectivity index is 2.41. The first-order valence-electron chi connectivity index (χ1n) is 10.7. The summed E-state index contributed by atoms with van der Waals surface area (Å²) < 4.78 is 34.2. The van der Waals surface area contributed by atoms with Crippen molar-refractivity contribution in [3.8, 4) is 5.75 Å². The predicted octanol–water partition coefficient (Wildman–Crippen LogP) is 8.17. The van der Waals surface area contributed by atoms with Gasteiger partial charge in [0.05, 0.1) is 6.61 Å². The minimum atomic E-state index is -0.827. The highest BCUT2D eigenvalue weighted by Gasteiger charge is 2.18. The first-order chi connectivity index (χ1) is 12.6. The zero-order chi connectivity index (χ0) is 19.2. The topological polar surface area (TPSA) is 9.23 Å². The van der Waals surface area contributed by atoms with E-state index < -0.39 is 11.6 Å². The highest BCUT2D eigenvalue weighted by atomic mass is 19.2. The van der Waals surface area contributed by atoms with Crippen LogP contribution in [0.15, 0.2) is 12.1 Å². The molecule has 0 aliphatic heterocycles. The summed E-state index contributed by atoms with van der Waals surface area (Å²) in [6.45, 7) is 6.82. The van der Waals surface area contributed by atoms with Gasteiger partial charge in [0.1, 0.15) is 0 Å². The standard InChI is InChI=1S/C23H38F2O/c1-4-6-8-10-12-14-18-26-21-17-16-20(22(24)23(21)25)19(3)15-13-11-9-7-5-2/h16-17,19H,4-15,18H2,1-3H3. The summed E-state index contributed by atoms with van der Waals surface area (Å²) >= 11 is 0. The van der Waals surface area contributed by atoms with Gasteiger partial charge in [0, 0.05) is 0 Å². The minimum absolute atomic E-state index is 0.0405. The van der Waals surface area contributed by atoms with Crippen LogP contribution >= 0.6 is 0 Å². The van der Waals surface area contributed by atoms with Gasteiger partial charge in [-0.1, -0.05) is 91.0 Å². The van der Waals surface area contributed by atoms with Crippen LogP contribution < -0.4 is 4.74 Å². The first kappa shape index (κ1) is 22.9. The lowest BCUT2D eigenvalue weighted by atomic mass is 9.94. The number of halogens is 2. The van der Waals surface area contributed by atoms with Crippen LogP contribution in [0.4, 0.5) is 8.78 Å². The molecule has 0 heterocycles. The second-order valence-electron chi connectivity index (χ2n) is 7.50.